The number of carbonyl (C=O) groups excluding carboxylic acids is 2. The summed E-state index contributed by atoms with van der Waals surface area (Å²) in [4.78, 5) is 37.9. The second kappa shape index (κ2) is 13.3. The predicted octanol–water partition coefficient (Wildman–Crippen LogP) is 6.44. The third-order valence-corrected chi connectivity index (χ3v) is 11.3. The Morgan fingerprint density at radius 2 is 1.00 bits per heavy atom. The highest BCUT2D eigenvalue weighted by atomic mass is 19.1. The van der Waals surface area contributed by atoms with Gasteiger partial charge in [-0.05, 0) is 122 Å². The molecule has 2 amide bonds. The first kappa shape index (κ1) is 33.9. The van der Waals surface area contributed by atoms with Gasteiger partial charge in [-0.25, -0.2) is 8.78 Å². The Morgan fingerprint density at radius 1 is 0.620 bits per heavy atom. The zero-order valence-electron chi connectivity index (χ0n) is 29.1. The molecule has 2 aromatic heterocycles. The number of nitrogens with one attached hydrogen (secondary N) is 2. The zero-order valence-corrected chi connectivity index (χ0v) is 29.1. The number of benzene rings is 2. The van der Waals surface area contributed by atoms with Crippen molar-refractivity contribution in [3.05, 3.63) is 107 Å². The van der Waals surface area contributed by atoms with Crippen LogP contribution < -0.4 is 10.6 Å². The molecule has 2 spiro atoms. The van der Waals surface area contributed by atoms with Crippen molar-refractivity contribution in [1.82, 2.24) is 30.4 Å². The number of hydrogen-bond acceptors (Lipinski definition) is 6. The normalized spacial score (nSPS) is 26.0. The van der Waals surface area contributed by atoms with Gasteiger partial charge in [-0.3, -0.25) is 30.2 Å². The number of nitrogens with zero attached hydrogens (tertiary/aromatic N) is 4. The van der Waals surface area contributed by atoms with E-state index in [-0.39, 0.29) is 35.5 Å². The standard InChI is InChI=1S/2C20H22FN3O/c2*1-13-16(14-3-5-15(21)6-4-14)8-11-22-18(13)17-7-9-20(23-17)10-12-24(2)19(20)25/h2*3-6,8,11,17,23H,7,9-10,12H2,1-2H3/t17-,20+;17-,20-/m10/s1. The van der Waals surface area contributed by atoms with Gasteiger partial charge in [0.25, 0.3) is 0 Å². The monoisotopic (exact) mass is 678 g/mol. The molecular weight excluding hydrogens is 634 g/mol. The molecule has 0 radical (unpaired) electrons. The number of halogens is 2. The molecule has 6 heterocycles. The molecule has 2 N–H and O–H groups in total. The van der Waals surface area contributed by atoms with Gasteiger partial charge in [0.15, 0.2) is 0 Å². The highest BCUT2D eigenvalue weighted by Crippen LogP contribution is 2.42. The molecule has 4 aliphatic heterocycles. The number of carbonyl (C=O) groups is 2. The first-order chi connectivity index (χ1) is 24.0. The quantitative estimate of drug-likeness (QED) is 0.258. The summed E-state index contributed by atoms with van der Waals surface area (Å²) >= 11 is 0. The predicted molar refractivity (Wildman–Crippen MR) is 189 cm³/mol. The lowest BCUT2D eigenvalue weighted by molar-refractivity contribution is -0.132. The first-order valence-electron chi connectivity index (χ1n) is 17.5. The van der Waals surface area contributed by atoms with E-state index in [2.05, 4.69) is 34.4 Å². The molecule has 8 nitrogen and oxygen atoms in total. The number of hydrogen-bond donors (Lipinski definition) is 2. The van der Waals surface area contributed by atoms with E-state index in [9.17, 15) is 18.4 Å². The van der Waals surface area contributed by atoms with Crippen molar-refractivity contribution >= 4 is 11.8 Å². The molecule has 8 rings (SSSR count). The Morgan fingerprint density at radius 3 is 1.34 bits per heavy atom. The summed E-state index contributed by atoms with van der Waals surface area (Å²) in [5, 5.41) is 7.16. The van der Waals surface area contributed by atoms with Crippen molar-refractivity contribution in [3.8, 4) is 22.3 Å². The van der Waals surface area contributed by atoms with Crippen LogP contribution in [0.15, 0.2) is 73.1 Å². The number of likely N-dealkylation sites (N-methyl/N-ethyl adjacent to an activating group) is 2. The maximum Gasteiger partial charge on any atom is 0.242 e. The Hall–Kier alpha value is -4.54. The lowest BCUT2D eigenvalue weighted by Crippen LogP contribution is -2.47. The van der Waals surface area contributed by atoms with E-state index in [4.69, 9.17) is 0 Å². The Labute approximate surface area is 292 Å². The van der Waals surface area contributed by atoms with Crippen LogP contribution in [0, 0.1) is 25.5 Å². The molecule has 4 aromatic rings. The van der Waals surface area contributed by atoms with Crippen LogP contribution >= 0.6 is 0 Å². The second-order valence-corrected chi connectivity index (χ2v) is 14.3. The van der Waals surface area contributed by atoms with E-state index in [1.807, 2.05) is 36.0 Å². The van der Waals surface area contributed by atoms with Crippen molar-refractivity contribution in [1.29, 1.82) is 0 Å². The van der Waals surface area contributed by atoms with Gasteiger partial charge in [0, 0.05) is 39.6 Å². The summed E-state index contributed by atoms with van der Waals surface area (Å²) in [5.74, 6) is -0.0809. The molecule has 50 heavy (non-hydrogen) atoms. The number of aromatic nitrogens is 2. The second-order valence-electron chi connectivity index (χ2n) is 14.3. The van der Waals surface area contributed by atoms with Gasteiger partial charge in [-0.2, -0.15) is 0 Å². The maximum atomic E-state index is 13.2. The molecule has 260 valence electrons. The average Bonchev–Trinajstić information content (AvgIpc) is 3.89. The molecule has 0 unspecified atom stereocenters. The third kappa shape index (κ3) is 6.09. The van der Waals surface area contributed by atoms with E-state index >= 15 is 0 Å². The fourth-order valence-corrected chi connectivity index (χ4v) is 8.43. The maximum absolute atomic E-state index is 13.2. The van der Waals surface area contributed by atoms with Crippen LogP contribution in [0.2, 0.25) is 0 Å². The summed E-state index contributed by atoms with van der Waals surface area (Å²) in [5.41, 5.74) is 7.38. The van der Waals surface area contributed by atoms with E-state index in [0.29, 0.717) is 0 Å². The molecule has 2 aromatic carbocycles. The molecule has 4 saturated heterocycles. The van der Waals surface area contributed by atoms with Crippen LogP contribution in [-0.4, -0.2) is 69.8 Å². The van der Waals surface area contributed by atoms with Crippen LogP contribution in [0.1, 0.15) is 73.1 Å². The summed E-state index contributed by atoms with van der Waals surface area (Å²) in [7, 11) is 3.73. The minimum atomic E-state index is -0.417. The van der Waals surface area contributed by atoms with Gasteiger partial charge in [-0.15, -0.1) is 0 Å². The fourth-order valence-electron chi connectivity index (χ4n) is 8.43. The van der Waals surface area contributed by atoms with Crippen molar-refractivity contribution in [2.24, 2.45) is 0 Å². The zero-order chi connectivity index (χ0) is 35.2. The molecule has 4 aliphatic rings. The van der Waals surface area contributed by atoms with Crippen LogP contribution in [0.25, 0.3) is 22.3 Å². The number of amides is 2. The van der Waals surface area contributed by atoms with Gasteiger partial charge >= 0.3 is 0 Å². The summed E-state index contributed by atoms with van der Waals surface area (Å²) < 4.78 is 26.4. The molecule has 10 heteroatoms. The van der Waals surface area contributed by atoms with Crippen LogP contribution in [0.4, 0.5) is 8.78 Å². The number of rotatable bonds is 4. The smallest absolute Gasteiger partial charge is 0.242 e. The van der Waals surface area contributed by atoms with Crippen molar-refractivity contribution in [3.63, 3.8) is 0 Å². The summed E-state index contributed by atoms with van der Waals surface area (Å²) in [6.07, 6.45) is 8.82. The van der Waals surface area contributed by atoms with Crippen molar-refractivity contribution in [2.45, 2.75) is 75.5 Å². The summed E-state index contributed by atoms with van der Waals surface area (Å²) in [6, 6.07) is 17.2. The highest BCUT2D eigenvalue weighted by molar-refractivity contribution is 5.89. The Kier molecular flexibility index (Phi) is 9.03. The number of pyridine rings is 2. The van der Waals surface area contributed by atoms with Gasteiger partial charge in [0.1, 0.15) is 22.7 Å². The Balaban J connectivity index is 0.000000157. The molecule has 4 atom stereocenters. The lowest BCUT2D eigenvalue weighted by atomic mass is 9.95. The average molecular weight is 679 g/mol. The first-order valence-corrected chi connectivity index (χ1v) is 17.5. The molecular formula is C40H44F2N6O2. The van der Waals surface area contributed by atoms with E-state index in [1.54, 1.807) is 36.7 Å². The molecule has 0 aliphatic carbocycles. The van der Waals surface area contributed by atoms with Crippen LogP contribution in [0.3, 0.4) is 0 Å². The van der Waals surface area contributed by atoms with Crippen molar-refractivity contribution < 1.29 is 18.4 Å². The van der Waals surface area contributed by atoms with Crippen LogP contribution in [0.5, 0.6) is 0 Å². The minimum absolute atomic E-state index is 0.0795. The van der Waals surface area contributed by atoms with E-state index in [0.717, 1.165) is 96.4 Å². The van der Waals surface area contributed by atoms with Gasteiger partial charge in [0.2, 0.25) is 11.8 Å². The lowest BCUT2D eigenvalue weighted by Gasteiger charge is -2.24. The van der Waals surface area contributed by atoms with E-state index in [1.165, 1.54) is 24.3 Å². The molecule has 4 fully saturated rings. The van der Waals surface area contributed by atoms with Crippen molar-refractivity contribution in [2.75, 3.05) is 27.2 Å². The minimum Gasteiger partial charge on any atom is -0.344 e. The topological polar surface area (TPSA) is 90.5 Å². The number of likely N-dealkylation sites (tertiary alicyclic amines) is 2. The van der Waals surface area contributed by atoms with E-state index < -0.39 is 11.1 Å². The SMILES string of the molecule is Cc1c(-c2ccc(F)cc2)ccnc1[C@@H]1CC[C@@]2(CCN(C)C2=O)N1.Cc1c(-c2ccc(F)cc2)ccnc1[C@H]1CC[C@@]2(CCN(C)C2=O)N1. The van der Waals surface area contributed by atoms with Gasteiger partial charge in [-0.1, -0.05) is 24.3 Å². The molecule has 0 bridgehead atoms. The van der Waals surface area contributed by atoms with Gasteiger partial charge in [0.05, 0.1) is 23.5 Å². The van der Waals surface area contributed by atoms with Gasteiger partial charge < -0.3 is 9.80 Å². The Bertz CT molecular complexity index is 1780. The highest BCUT2D eigenvalue weighted by Gasteiger charge is 2.51. The molecule has 0 saturated carbocycles. The largest absolute Gasteiger partial charge is 0.344 e. The van der Waals surface area contributed by atoms with Crippen LogP contribution in [-0.2, 0) is 9.59 Å². The third-order valence-electron chi connectivity index (χ3n) is 11.3. The summed E-state index contributed by atoms with van der Waals surface area (Å²) in [6.45, 7) is 5.72. The fraction of sp³-hybridized carbons (Fsp3) is 0.400.